The molecular weight excluding hydrogens is 285 g/mol. The Hall–Kier alpha value is -2.45. The molecule has 0 aliphatic rings. The lowest BCUT2D eigenvalue weighted by Crippen LogP contribution is -2.17. The highest BCUT2D eigenvalue weighted by molar-refractivity contribution is 6.02. The molecule has 0 spiro atoms. The van der Waals surface area contributed by atoms with E-state index in [-0.39, 0.29) is 5.69 Å². The maximum Gasteiger partial charge on any atom is 0.276 e. The summed E-state index contributed by atoms with van der Waals surface area (Å²) in [5.41, 5.74) is -1.66. The molecule has 1 N–H and O–H groups in total. The molecule has 1 aromatic heterocycles. The summed E-state index contributed by atoms with van der Waals surface area (Å²) in [6.07, 6.45) is 1.37. The van der Waals surface area contributed by atoms with Crippen molar-refractivity contribution in [2.45, 2.75) is 0 Å². The Morgan fingerprint density at radius 3 is 2.00 bits per heavy atom. The molecule has 2 aromatic rings. The van der Waals surface area contributed by atoms with Crippen LogP contribution in [0.15, 0.2) is 12.3 Å². The number of aromatic nitrogens is 2. The van der Waals surface area contributed by atoms with Crippen molar-refractivity contribution in [1.29, 1.82) is 0 Å². The van der Waals surface area contributed by atoms with E-state index in [1.807, 2.05) is 0 Å². The molecule has 0 unspecified atom stereocenters. The molecule has 0 aliphatic heterocycles. The molecule has 1 heterocycles. The molecule has 9 heteroatoms. The molecule has 1 amide bonds. The van der Waals surface area contributed by atoms with Gasteiger partial charge in [0, 0.05) is 13.2 Å². The zero-order chi connectivity index (χ0) is 15.0. The Bertz CT molecular complexity index is 669. The number of nitrogens with one attached hydrogen (secondary N) is 1. The second kappa shape index (κ2) is 4.91. The van der Waals surface area contributed by atoms with Gasteiger partial charge in [-0.2, -0.15) is 5.10 Å². The van der Waals surface area contributed by atoms with Crippen LogP contribution in [0.5, 0.6) is 0 Å². The number of rotatable bonds is 2. The summed E-state index contributed by atoms with van der Waals surface area (Å²) in [6, 6.07) is 1.21. The lowest BCUT2D eigenvalue weighted by molar-refractivity contribution is 0.102. The van der Waals surface area contributed by atoms with E-state index in [4.69, 9.17) is 0 Å². The highest BCUT2D eigenvalue weighted by atomic mass is 19.2. The topological polar surface area (TPSA) is 46.9 Å². The first-order valence-corrected chi connectivity index (χ1v) is 5.15. The van der Waals surface area contributed by atoms with E-state index in [0.29, 0.717) is 0 Å². The largest absolute Gasteiger partial charge is 0.315 e. The zero-order valence-electron chi connectivity index (χ0n) is 9.85. The van der Waals surface area contributed by atoms with Crippen LogP contribution in [0.3, 0.4) is 0 Å². The molecule has 0 bridgehead atoms. The molecule has 0 saturated carbocycles. The number of nitrogens with zero attached hydrogens (tertiary/aromatic N) is 2. The van der Waals surface area contributed by atoms with E-state index >= 15 is 0 Å². The van der Waals surface area contributed by atoms with Gasteiger partial charge in [0.2, 0.25) is 5.82 Å². The predicted molar refractivity (Wildman–Crippen MR) is 57.4 cm³/mol. The fourth-order valence-electron chi connectivity index (χ4n) is 1.43. The van der Waals surface area contributed by atoms with Gasteiger partial charge in [-0.25, -0.2) is 22.0 Å². The van der Waals surface area contributed by atoms with Crippen LogP contribution in [-0.4, -0.2) is 15.7 Å². The third-order valence-electron chi connectivity index (χ3n) is 2.39. The number of carbonyl (C=O) groups is 1. The maximum atomic E-state index is 13.3. The van der Waals surface area contributed by atoms with Gasteiger partial charge in [0.25, 0.3) is 5.91 Å². The number of aryl methyl sites for hydroxylation is 1. The molecule has 106 valence electrons. The van der Waals surface area contributed by atoms with Gasteiger partial charge in [-0.3, -0.25) is 9.48 Å². The number of benzene rings is 1. The number of halogens is 5. The summed E-state index contributed by atoms with van der Waals surface area (Å²) in [7, 11) is 1.48. The third kappa shape index (κ3) is 2.22. The first-order chi connectivity index (χ1) is 9.32. The summed E-state index contributed by atoms with van der Waals surface area (Å²) in [6.45, 7) is 0. The standard InChI is InChI=1S/C11H6F5N3O/c1-19-3-2-4(18-19)11(20)17-10-8(15)6(13)5(12)7(14)9(10)16/h2-3H,1H3,(H,17,20). The summed E-state index contributed by atoms with van der Waals surface area (Å²) in [4.78, 5) is 11.6. The van der Waals surface area contributed by atoms with Gasteiger partial charge in [-0.1, -0.05) is 0 Å². The Labute approximate surface area is 108 Å². The van der Waals surface area contributed by atoms with Crippen molar-refractivity contribution in [2.75, 3.05) is 5.32 Å². The van der Waals surface area contributed by atoms with Gasteiger partial charge in [0.15, 0.2) is 29.0 Å². The van der Waals surface area contributed by atoms with E-state index in [1.165, 1.54) is 24.0 Å². The quantitative estimate of drug-likeness (QED) is 0.524. The van der Waals surface area contributed by atoms with Crippen molar-refractivity contribution in [3.8, 4) is 0 Å². The monoisotopic (exact) mass is 291 g/mol. The van der Waals surface area contributed by atoms with E-state index < -0.39 is 40.7 Å². The normalized spacial score (nSPS) is 10.7. The molecule has 4 nitrogen and oxygen atoms in total. The van der Waals surface area contributed by atoms with Gasteiger partial charge in [0.05, 0.1) is 0 Å². The minimum atomic E-state index is -2.30. The molecule has 0 radical (unpaired) electrons. The van der Waals surface area contributed by atoms with Crippen molar-refractivity contribution in [1.82, 2.24) is 9.78 Å². The smallest absolute Gasteiger partial charge is 0.276 e. The van der Waals surface area contributed by atoms with Crippen LogP contribution >= 0.6 is 0 Å². The SMILES string of the molecule is Cn1ccc(C(=O)Nc2c(F)c(F)c(F)c(F)c2F)n1. The number of hydrogen-bond donors (Lipinski definition) is 1. The van der Waals surface area contributed by atoms with Crippen LogP contribution < -0.4 is 5.32 Å². The molecule has 1 aromatic carbocycles. The number of amides is 1. The Balaban J connectivity index is 2.42. The van der Waals surface area contributed by atoms with E-state index in [9.17, 15) is 26.7 Å². The molecule has 0 atom stereocenters. The number of hydrogen-bond acceptors (Lipinski definition) is 2. The first-order valence-electron chi connectivity index (χ1n) is 5.15. The van der Waals surface area contributed by atoms with E-state index in [2.05, 4.69) is 5.10 Å². The summed E-state index contributed by atoms with van der Waals surface area (Å²) in [5, 5.41) is 5.23. The van der Waals surface area contributed by atoms with Crippen LogP contribution in [0.4, 0.5) is 27.6 Å². The van der Waals surface area contributed by atoms with Crippen molar-refractivity contribution >= 4 is 11.6 Å². The van der Waals surface area contributed by atoms with Gasteiger partial charge in [-0.15, -0.1) is 0 Å². The van der Waals surface area contributed by atoms with Crippen LogP contribution in [0.2, 0.25) is 0 Å². The zero-order valence-corrected chi connectivity index (χ0v) is 9.85. The second-order valence-electron chi connectivity index (χ2n) is 3.77. The predicted octanol–water partition coefficient (Wildman–Crippen LogP) is 2.37. The molecule has 2 rings (SSSR count). The van der Waals surface area contributed by atoms with E-state index in [1.54, 1.807) is 5.32 Å². The van der Waals surface area contributed by atoms with Crippen LogP contribution in [0, 0.1) is 29.1 Å². The lowest BCUT2D eigenvalue weighted by Gasteiger charge is -2.08. The Morgan fingerprint density at radius 1 is 1.05 bits per heavy atom. The van der Waals surface area contributed by atoms with Crippen LogP contribution in [-0.2, 0) is 7.05 Å². The van der Waals surface area contributed by atoms with Gasteiger partial charge < -0.3 is 5.32 Å². The number of carbonyl (C=O) groups excluding carboxylic acids is 1. The van der Waals surface area contributed by atoms with Crippen molar-refractivity contribution in [3.63, 3.8) is 0 Å². The van der Waals surface area contributed by atoms with E-state index in [0.717, 1.165) is 0 Å². The first kappa shape index (κ1) is 14.0. The summed E-state index contributed by atoms with van der Waals surface area (Å²) in [5.74, 6) is -11.9. The van der Waals surface area contributed by atoms with Crippen LogP contribution in [0.25, 0.3) is 0 Å². The maximum absolute atomic E-state index is 13.3. The Morgan fingerprint density at radius 2 is 1.55 bits per heavy atom. The lowest BCUT2D eigenvalue weighted by atomic mass is 10.2. The minimum absolute atomic E-state index is 0.239. The number of anilines is 1. The fourth-order valence-corrected chi connectivity index (χ4v) is 1.43. The molecular formula is C11H6F5N3O. The van der Waals surface area contributed by atoms with Crippen LogP contribution in [0.1, 0.15) is 10.5 Å². The minimum Gasteiger partial charge on any atom is -0.315 e. The van der Waals surface area contributed by atoms with Gasteiger partial charge in [0.1, 0.15) is 5.69 Å². The fraction of sp³-hybridized carbons (Fsp3) is 0.0909. The van der Waals surface area contributed by atoms with Gasteiger partial charge in [-0.05, 0) is 6.07 Å². The van der Waals surface area contributed by atoms with Crippen molar-refractivity contribution in [3.05, 3.63) is 47.0 Å². The average Bonchev–Trinajstić information content (AvgIpc) is 2.85. The molecule has 20 heavy (non-hydrogen) atoms. The molecule has 0 fully saturated rings. The second-order valence-corrected chi connectivity index (χ2v) is 3.77. The highest BCUT2D eigenvalue weighted by Crippen LogP contribution is 2.27. The third-order valence-corrected chi connectivity index (χ3v) is 2.39. The Kier molecular flexibility index (Phi) is 3.43. The molecule has 0 aliphatic carbocycles. The molecule has 0 saturated heterocycles. The van der Waals surface area contributed by atoms with Gasteiger partial charge >= 0.3 is 0 Å². The summed E-state index contributed by atoms with van der Waals surface area (Å²) < 4.78 is 66.5. The summed E-state index contributed by atoms with van der Waals surface area (Å²) >= 11 is 0. The highest BCUT2D eigenvalue weighted by Gasteiger charge is 2.27. The van der Waals surface area contributed by atoms with Crippen molar-refractivity contribution < 1.29 is 26.7 Å². The van der Waals surface area contributed by atoms with Crippen molar-refractivity contribution in [2.24, 2.45) is 7.05 Å². The average molecular weight is 291 g/mol.